The summed E-state index contributed by atoms with van der Waals surface area (Å²) >= 11 is 6.15. The summed E-state index contributed by atoms with van der Waals surface area (Å²) < 4.78 is 0. The minimum atomic E-state index is 0. The van der Waals surface area contributed by atoms with Crippen LogP contribution in [0.25, 0.3) is 0 Å². The Morgan fingerprint density at radius 1 is 1.21 bits per heavy atom. The molecule has 0 atom stereocenters. The molecular weight excluding hydrogens is 489 g/mol. The first-order valence-corrected chi connectivity index (χ1v) is 10.1. The smallest absolute Gasteiger partial charge is 0.219 e. The maximum atomic E-state index is 11.4. The molecular formula is C20H31ClIN5O. The number of benzene rings is 1. The van der Waals surface area contributed by atoms with Gasteiger partial charge in [-0.2, -0.15) is 0 Å². The SMILES string of the molecule is CN=C(NCCN1CCN(C(C)=O)CC1)NCC1(c2cccc(Cl)c2)CC1.I. The molecule has 8 heteroatoms. The first-order chi connectivity index (χ1) is 13.0. The second-order valence-electron chi connectivity index (χ2n) is 7.49. The number of guanidine groups is 1. The molecule has 6 nitrogen and oxygen atoms in total. The van der Waals surface area contributed by atoms with E-state index in [9.17, 15) is 4.79 Å². The normalized spacial score (nSPS) is 19.0. The number of nitrogens with zero attached hydrogens (tertiary/aromatic N) is 3. The summed E-state index contributed by atoms with van der Waals surface area (Å²) in [5.74, 6) is 1.01. The Morgan fingerprint density at radius 3 is 2.50 bits per heavy atom. The number of amides is 1. The van der Waals surface area contributed by atoms with E-state index in [4.69, 9.17) is 11.6 Å². The molecule has 1 heterocycles. The van der Waals surface area contributed by atoms with Gasteiger partial charge in [-0.3, -0.25) is 14.7 Å². The maximum absolute atomic E-state index is 11.4. The van der Waals surface area contributed by atoms with E-state index >= 15 is 0 Å². The molecule has 1 saturated carbocycles. The van der Waals surface area contributed by atoms with Crippen LogP contribution < -0.4 is 10.6 Å². The molecule has 2 fully saturated rings. The van der Waals surface area contributed by atoms with Crippen LogP contribution in [-0.4, -0.2) is 74.5 Å². The standard InChI is InChI=1S/C20H30ClN5O.HI/c1-16(27)26-12-10-25(11-13-26)9-8-23-19(22-2)24-15-20(6-7-20)17-4-3-5-18(21)14-17;/h3-5,14H,6-13,15H2,1-2H3,(H2,22,23,24);1H. The molecule has 0 radical (unpaired) electrons. The summed E-state index contributed by atoms with van der Waals surface area (Å²) in [5, 5.41) is 7.68. The van der Waals surface area contributed by atoms with Gasteiger partial charge in [-0.15, -0.1) is 24.0 Å². The third-order valence-corrected chi connectivity index (χ3v) is 5.88. The zero-order valence-electron chi connectivity index (χ0n) is 16.7. The van der Waals surface area contributed by atoms with Gasteiger partial charge < -0.3 is 15.5 Å². The molecule has 3 rings (SSSR count). The Hall–Kier alpha value is -1.06. The fourth-order valence-corrected chi connectivity index (χ4v) is 3.82. The largest absolute Gasteiger partial charge is 0.356 e. The van der Waals surface area contributed by atoms with Crippen LogP contribution in [0, 0.1) is 0 Å². The molecule has 1 aromatic carbocycles. The summed E-state index contributed by atoms with van der Waals surface area (Å²) in [6.07, 6.45) is 2.36. The van der Waals surface area contributed by atoms with Crippen molar-refractivity contribution in [2.75, 3.05) is 52.9 Å². The molecule has 0 spiro atoms. The van der Waals surface area contributed by atoms with Gasteiger partial charge in [0, 0.05) is 70.2 Å². The second kappa shape index (κ2) is 10.6. The van der Waals surface area contributed by atoms with Crippen LogP contribution in [0.4, 0.5) is 0 Å². The number of aliphatic imine (C=N–C) groups is 1. The number of piperazine rings is 1. The summed E-state index contributed by atoms with van der Waals surface area (Å²) in [6.45, 7) is 7.81. The summed E-state index contributed by atoms with van der Waals surface area (Å²) in [7, 11) is 1.81. The monoisotopic (exact) mass is 519 g/mol. The Morgan fingerprint density at radius 2 is 1.93 bits per heavy atom. The summed E-state index contributed by atoms with van der Waals surface area (Å²) in [4.78, 5) is 20.0. The molecule has 156 valence electrons. The third-order valence-electron chi connectivity index (χ3n) is 5.65. The van der Waals surface area contributed by atoms with Crippen LogP contribution in [0.2, 0.25) is 5.02 Å². The highest BCUT2D eigenvalue weighted by Gasteiger charge is 2.44. The number of hydrogen-bond acceptors (Lipinski definition) is 3. The zero-order valence-corrected chi connectivity index (χ0v) is 19.8. The molecule has 2 N–H and O–H groups in total. The van der Waals surface area contributed by atoms with E-state index in [0.29, 0.717) is 0 Å². The lowest BCUT2D eigenvalue weighted by molar-refractivity contribution is -0.130. The van der Waals surface area contributed by atoms with Gasteiger partial charge in [0.2, 0.25) is 5.91 Å². The van der Waals surface area contributed by atoms with Crippen molar-refractivity contribution in [1.82, 2.24) is 20.4 Å². The van der Waals surface area contributed by atoms with E-state index in [0.717, 1.165) is 56.8 Å². The van der Waals surface area contributed by atoms with E-state index in [1.165, 1.54) is 18.4 Å². The van der Waals surface area contributed by atoms with Crippen molar-refractivity contribution in [3.63, 3.8) is 0 Å². The molecule has 0 unspecified atom stereocenters. The molecule has 2 aliphatic rings. The van der Waals surface area contributed by atoms with Gasteiger partial charge in [0.05, 0.1) is 0 Å². The summed E-state index contributed by atoms with van der Waals surface area (Å²) in [6, 6.07) is 8.19. The number of hydrogen-bond donors (Lipinski definition) is 2. The minimum absolute atomic E-state index is 0. The number of carbonyl (C=O) groups excluding carboxylic acids is 1. The Kier molecular flexibility index (Phi) is 8.82. The molecule has 0 aromatic heterocycles. The van der Waals surface area contributed by atoms with Crippen LogP contribution in [0.5, 0.6) is 0 Å². The zero-order chi connectivity index (χ0) is 19.3. The second-order valence-corrected chi connectivity index (χ2v) is 7.93. The third kappa shape index (κ3) is 6.22. The Balaban J connectivity index is 0.00000280. The van der Waals surface area contributed by atoms with Gasteiger partial charge in [0.25, 0.3) is 0 Å². The average molecular weight is 520 g/mol. The molecule has 1 aliphatic carbocycles. The van der Waals surface area contributed by atoms with Crippen molar-refractivity contribution in [1.29, 1.82) is 0 Å². The lowest BCUT2D eigenvalue weighted by Crippen LogP contribution is -2.50. The van der Waals surface area contributed by atoms with Crippen molar-refractivity contribution in [3.05, 3.63) is 34.9 Å². The molecule has 28 heavy (non-hydrogen) atoms. The molecule has 1 saturated heterocycles. The number of halogens is 2. The van der Waals surface area contributed by atoms with E-state index in [-0.39, 0.29) is 35.3 Å². The Labute approximate surface area is 190 Å². The predicted molar refractivity (Wildman–Crippen MR) is 126 cm³/mol. The highest BCUT2D eigenvalue weighted by molar-refractivity contribution is 14.0. The number of carbonyl (C=O) groups is 1. The molecule has 1 aliphatic heterocycles. The van der Waals surface area contributed by atoms with Crippen molar-refractivity contribution in [3.8, 4) is 0 Å². The van der Waals surface area contributed by atoms with Gasteiger partial charge in [0.15, 0.2) is 5.96 Å². The van der Waals surface area contributed by atoms with Crippen LogP contribution in [0.15, 0.2) is 29.3 Å². The lowest BCUT2D eigenvalue weighted by Gasteiger charge is -2.34. The topological polar surface area (TPSA) is 60.0 Å². The van der Waals surface area contributed by atoms with E-state index < -0.39 is 0 Å². The Bertz CT molecular complexity index is 687. The van der Waals surface area contributed by atoms with Gasteiger partial charge >= 0.3 is 0 Å². The highest BCUT2D eigenvalue weighted by Crippen LogP contribution is 2.48. The quantitative estimate of drug-likeness (QED) is 0.344. The molecule has 1 amide bonds. The average Bonchev–Trinajstić information content (AvgIpc) is 3.46. The first-order valence-electron chi connectivity index (χ1n) is 9.71. The first kappa shape index (κ1) is 23.2. The predicted octanol–water partition coefficient (Wildman–Crippen LogP) is 2.32. The van der Waals surface area contributed by atoms with Gasteiger partial charge in [-0.1, -0.05) is 23.7 Å². The van der Waals surface area contributed by atoms with Crippen LogP contribution in [-0.2, 0) is 10.2 Å². The van der Waals surface area contributed by atoms with Crippen LogP contribution in [0.3, 0.4) is 0 Å². The van der Waals surface area contributed by atoms with Crippen LogP contribution in [0.1, 0.15) is 25.3 Å². The van der Waals surface area contributed by atoms with E-state index in [2.05, 4.69) is 32.7 Å². The maximum Gasteiger partial charge on any atom is 0.219 e. The fraction of sp³-hybridized carbons (Fsp3) is 0.600. The van der Waals surface area contributed by atoms with Crippen molar-refractivity contribution < 1.29 is 4.79 Å². The van der Waals surface area contributed by atoms with Gasteiger partial charge in [-0.25, -0.2) is 0 Å². The minimum Gasteiger partial charge on any atom is -0.356 e. The lowest BCUT2D eigenvalue weighted by atomic mass is 9.96. The van der Waals surface area contributed by atoms with Crippen molar-refractivity contribution >= 4 is 47.4 Å². The van der Waals surface area contributed by atoms with Crippen LogP contribution >= 0.6 is 35.6 Å². The number of rotatable bonds is 6. The number of nitrogens with one attached hydrogen (secondary N) is 2. The van der Waals surface area contributed by atoms with E-state index in [1.54, 1.807) is 14.0 Å². The summed E-state index contributed by atoms with van der Waals surface area (Å²) in [5.41, 5.74) is 1.49. The molecule has 0 bridgehead atoms. The van der Waals surface area contributed by atoms with Crippen molar-refractivity contribution in [2.24, 2.45) is 4.99 Å². The molecule has 1 aromatic rings. The van der Waals surface area contributed by atoms with Crippen molar-refractivity contribution in [2.45, 2.75) is 25.2 Å². The van der Waals surface area contributed by atoms with Gasteiger partial charge in [0.1, 0.15) is 0 Å². The van der Waals surface area contributed by atoms with E-state index in [1.807, 2.05) is 17.0 Å². The highest BCUT2D eigenvalue weighted by atomic mass is 127. The van der Waals surface area contributed by atoms with Gasteiger partial charge in [-0.05, 0) is 30.5 Å². The fourth-order valence-electron chi connectivity index (χ4n) is 3.63.